The van der Waals surface area contributed by atoms with Gasteiger partial charge in [0.05, 0.1) is 34.7 Å². The topological polar surface area (TPSA) is 84.9 Å². The minimum absolute atomic E-state index is 0.00487. The molecular formula is C21H27ClN2O5S. The summed E-state index contributed by atoms with van der Waals surface area (Å²) in [6.45, 7) is 5.65. The summed E-state index contributed by atoms with van der Waals surface area (Å²) in [5, 5.41) is 3.01. The van der Waals surface area contributed by atoms with Gasteiger partial charge in [-0.2, -0.15) is 0 Å². The number of carbonyl (C=O) groups is 1. The first kappa shape index (κ1) is 24.0. The van der Waals surface area contributed by atoms with E-state index < -0.39 is 15.9 Å². The fraction of sp³-hybridized carbons (Fsp3) is 0.381. The first-order valence-electron chi connectivity index (χ1n) is 9.35. The van der Waals surface area contributed by atoms with Crippen LogP contribution in [-0.2, 0) is 10.0 Å². The van der Waals surface area contributed by atoms with E-state index in [1.807, 2.05) is 26.8 Å². The van der Waals surface area contributed by atoms with Gasteiger partial charge < -0.3 is 14.8 Å². The molecule has 1 N–H and O–H groups in total. The summed E-state index contributed by atoms with van der Waals surface area (Å²) in [6.07, 6.45) is -0.00487. The van der Waals surface area contributed by atoms with Crippen molar-refractivity contribution in [3.05, 3.63) is 52.5 Å². The number of carbonyl (C=O) groups excluding carboxylic acids is 1. The van der Waals surface area contributed by atoms with E-state index in [2.05, 4.69) is 5.32 Å². The van der Waals surface area contributed by atoms with Crippen molar-refractivity contribution in [3.8, 4) is 11.5 Å². The van der Waals surface area contributed by atoms with Crippen molar-refractivity contribution in [1.82, 2.24) is 9.62 Å². The third kappa shape index (κ3) is 5.44. The first-order valence-corrected chi connectivity index (χ1v) is 11.2. The number of hydrogen-bond donors (Lipinski definition) is 1. The average molecular weight is 455 g/mol. The van der Waals surface area contributed by atoms with Crippen LogP contribution in [0.5, 0.6) is 11.5 Å². The summed E-state index contributed by atoms with van der Waals surface area (Å²) in [5.41, 5.74) is 0.877. The van der Waals surface area contributed by atoms with Crippen LogP contribution in [-0.4, -0.2) is 45.9 Å². The monoisotopic (exact) mass is 454 g/mol. The number of nitrogens with one attached hydrogen (secondary N) is 1. The van der Waals surface area contributed by atoms with Gasteiger partial charge in [-0.25, -0.2) is 12.7 Å². The normalized spacial score (nSPS) is 12.7. The number of ether oxygens (including phenoxy) is 2. The van der Waals surface area contributed by atoms with Gasteiger partial charge in [0.25, 0.3) is 5.91 Å². The molecule has 0 aliphatic heterocycles. The molecule has 0 spiro atoms. The number of sulfonamides is 1. The minimum Gasteiger partial charge on any atom is -0.493 e. The molecule has 0 saturated heterocycles. The standard InChI is InChI=1S/C21H27ClN2O5S/c1-13(2)29-19-10-7-15(11-20(19)28-6)14(3)23-21(25)17-12-16(8-9-18(17)22)30(26,27)24(4)5/h7-14H,1-6H3,(H,23,25). The highest BCUT2D eigenvalue weighted by Crippen LogP contribution is 2.31. The van der Waals surface area contributed by atoms with Crippen LogP contribution in [0.3, 0.4) is 0 Å². The van der Waals surface area contributed by atoms with Gasteiger partial charge in [0.1, 0.15) is 0 Å². The Hall–Kier alpha value is -2.29. The Balaban J connectivity index is 2.28. The molecule has 2 aromatic rings. The highest BCUT2D eigenvalue weighted by Gasteiger charge is 2.22. The predicted molar refractivity (Wildman–Crippen MR) is 117 cm³/mol. The number of rotatable bonds is 8. The Morgan fingerprint density at radius 2 is 1.73 bits per heavy atom. The van der Waals surface area contributed by atoms with Gasteiger partial charge in [0, 0.05) is 14.1 Å². The molecule has 1 unspecified atom stereocenters. The van der Waals surface area contributed by atoms with Crippen LogP contribution in [0.25, 0.3) is 0 Å². The second kappa shape index (κ2) is 9.68. The van der Waals surface area contributed by atoms with E-state index in [-0.39, 0.29) is 27.6 Å². The van der Waals surface area contributed by atoms with Crippen LogP contribution in [0.15, 0.2) is 41.3 Å². The molecule has 0 radical (unpaired) electrons. The van der Waals surface area contributed by atoms with Crippen molar-refractivity contribution in [1.29, 1.82) is 0 Å². The lowest BCUT2D eigenvalue weighted by Crippen LogP contribution is -2.28. The molecule has 2 rings (SSSR count). The van der Waals surface area contributed by atoms with Crippen molar-refractivity contribution >= 4 is 27.5 Å². The summed E-state index contributed by atoms with van der Waals surface area (Å²) in [6, 6.07) is 9.07. The van der Waals surface area contributed by atoms with Crippen molar-refractivity contribution in [2.24, 2.45) is 0 Å². The zero-order valence-corrected chi connectivity index (χ0v) is 19.5. The molecular weight excluding hydrogens is 428 g/mol. The predicted octanol–water partition coefficient (Wildman–Crippen LogP) is 3.88. The van der Waals surface area contributed by atoms with Crippen LogP contribution in [0.4, 0.5) is 0 Å². The maximum absolute atomic E-state index is 12.8. The number of nitrogens with zero attached hydrogens (tertiary/aromatic N) is 1. The van der Waals surface area contributed by atoms with Crippen LogP contribution >= 0.6 is 11.6 Å². The summed E-state index contributed by atoms with van der Waals surface area (Å²) in [4.78, 5) is 12.8. The van der Waals surface area contributed by atoms with Gasteiger partial charge in [-0.05, 0) is 56.7 Å². The maximum Gasteiger partial charge on any atom is 0.253 e. The molecule has 7 nitrogen and oxygen atoms in total. The average Bonchev–Trinajstić information content (AvgIpc) is 2.67. The molecule has 164 valence electrons. The molecule has 0 saturated carbocycles. The SMILES string of the molecule is COc1cc(C(C)NC(=O)c2cc(S(=O)(=O)N(C)C)ccc2Cl)ccc1OC(C)C. The lowest BCUT2D eigenvalue weighted by molar-refractivity contribution is 0.0939. The number of methoxy groups -OCH3 is 1. The fourth-order valence-corrected chi connectivity index (χ4v) is 3.84. The largest absolute Gasteiger partial charge is 0.493 e. The van der Waals surface area contributed by atoms with Crippen molar-refractivity contribution < 1.29 is 22.7 Å². The maximum atomic E-state index is 12.8. The quantitative estimate of drug-likeness (QED) is 0.654. The van der Waals surface area contributed by atoms with E-state index in [0.29, 0.717) is 11.5 Å². The van der Waals surface area contributed by atoms with E-state index in [1.54, 1.807) is 19.2 Å². The molecule has 0 bridgehead atoms. The van der Waals surface area contributed by atoms with Crippen molar-refractivity contribution in [3.63, 3.8) is 0 Å². The van der Waals surface area contributed by atoms with E-state index in [1.165, 1.54) is 32.3 Å². The Bertz CT molecular complexity index is 1020. The molecule has 9 heteroatoms. The number of benzene rings is 2. The Labute approximate surface area is 183 Å². The molecule has 0 aliphatic rings. The smallest absolute Gasteiger partial charge is 0.253 e. The zero-order chi connectivity index (χ0) is 22.6. The van der Waals surface area contributed by atoms with E-state index in [4.69, 9.17) is 21.1 Å². The van der Waals surface area contributed by atoms with Gasteiger partial charge >= 0.3 is 0 Å². The van der Waals surface area contributed by atoms with Gasteiger partial charge in [-0.3, -0.25) is 4.79 Å². The Morgan fingerprint density at radius 1 is 1.07 bits per heavy atom. The summed E-state index contributed by atoms with van der Waals surface area (Å²) >= 11 is 6.16. The zero-order valence-electron chi connectivity index (χ0n) is 17.9. The van der Waals surface area contributed by atoms with Crippen LogP contribution in [0.1, 0.15) is 42.7 Å². The number of halogens is 1. The van der Waals surface area contributed by atoms with Gasteiger partial charge in [-0.15, -0.1) is 0 Å². The van der Waals surface area contributed by atoms with Gasteiger partial charge in [0.2, 0.25) is 10.0 Å². The van der Waals surface area contributed by atoms with Gasteiger partial charge in [-0.1, -0.05) is 17.7 Å². The van der Waals surface area contributed by atoms with E-state index >= 15 is 0 Å². The third-order valence-corrected chi connectivity index (χ3v) is 6.50. The lowest BCUT2D eigenvalue weighted by Gasteiger charge is -2.19. The molecule has 2 aromatic carbocycles. The summed E-state index contributed by atoms with van der Waals surface area (Å²) < 4.78 is 36.9. The highest BCUT2D eigenvalue weighted by molar-refractivity contribution is 7.89. The lowest BCUT2D eigenvalue weighted by atomic mass is 10.1. The van der Waals surface area contributed by atoms with E-state index in [9.17, 15) is 13.2 Å². The molecule has 30 heavy (non-hydrogen) atoms. The molecule has 1 amide bonds. The minimum atomic E-state index is -3.69. The molecule has 0 aromatic heterocycles. The van der Waals surface area contributed by atoms with E-state index in [0.717, 1.165) is 9.87 Å². The van der Waals surface area contributed by atoms with Crippen LogP contribution in [0.2, 0.25) is 5.02 Å². The summed E-state index contributed by atoms with van der Waals surface area (Å²) in [7, 11) is 0.703. The second-order valence-electron chi connectivity index (χ2n) is 7.20. The molecule has 0 heterocycles. The number of hydrogen-bond acceptors (Lipinski definition) is 5. The van der Waals surface area contributed by atoms with Gasteiger partial charge in [0.15, 0.2) is 11.5 Å². The molecule has 1 atom stereocenters. The second-order valence-corrected chi connectivity index (χ2v) is 9.76. The van der Waals surface area contributed by atoms with Crippen LogP contribution < -0.4 is 14.8 Å². The summed E-state index contributed by atoms with van der Waals surface area (Å²) in [5.74, 6) is 0.684. The first-order chi connectivity index (χ1) is 14.0. The Morgan fingerprint density at radius 3 is 2.30 bits per heavy atom. The molecule has 0 aliphatic carbocycles. The van der Waals surface area contributed by atoms with Crippen molar-refractivity contribution in [2.75, 3.05) is 21.2 Å². The van der Waals surface area contributed by atoms with Crippen LogP contribution in [0, 0.1) is 0 Å². The third-order valence-electron chi connectivity index (χ3n) is 4.36. The van der Waals surface area contributed by atoms with Crippen molar-refractivity contribution in [2.45, 2.75) is 37.8 Å². The fourth-order valence-electron chi connectivity index (χ4n) is 2.71. The molecule has 0 fully saturated rings. The highest BCUT2D eigenvalue weighted by atomic mass is 35.5. The Kier molecular flexibility index (Phi) is 7.74. The number of amides is 1.